The third-order valence-electron chi connectivity index (χ3n) is 4.24. The van der Waals surface area contributed by atoms with Crippen LogP contribution in [0.4, 0.5) is 0 Å². The number of nitrogens with zero attached hydrogens (tertiary/aromatic N) is 2. The SMILES string of the molecule is COC(=O)c1ccccc1OC(=O)c1cc2c(C)nn(-c3ccccc3)c2s1. The number of carbonyl (C=O) groups excluding carboxylic acids is 2. The predicted molar refractivity (Wildman–Crippen MR) is 106 cm³/mol. The Morgan fingerprint density at radius 3 is 2.46 bits per heavy atom. The fraction of sp³-hybridized carbons (Fsp3) is 0.0952. The van der Waals surface area contributed by atoms with Crippen LogP contribution >= 0.6 is 11.3 Å². The van der Waals surface area contributed by atoms with E-state index in [4.69, 9.17) is 9.47 Å². The van der Waals surface area contributed by atoms with Gasteiger partial charge in [-0.05, 0) is 37.3 Å². The lowest BCUT2D eigenvalue weighted by atomic mass is 10.2. The van der Waals surface area contributed by atoms with Crippen molar-refractivity contribution in [1.82, 2.24) is 9.78 Å². The summed E-state index contributed by atoms with van der Waals surface area (Å²) < 4.78 is 12.0. The molecule has 2 aromatic heterocycles. The number of hydrogen-bond acceptors (Lipinski definition) is 6. The van der Waals surface area contributed by atoms with Crippen LogP contribution in [0.2, 0.25) is 0 Å². The zero-order valence-electron chi connectivity index (χ0n) is 15.2. The first-order valence-electron chi connectivity index (χ1n) is 8.52. The number of ether oxygens (including phenoxy) is 2. The summed E-state index contributed by atoms with van der Waals surface area (Å²) in [5, 5.41) is 5.46. The number of fused-ring (bicyclic) bond motifs is 1. The van der Waals surface area contributed by atoms with Crippen molar-refractivity contribution in [1.29, 1.82) is 0 Å². The van der Waals surface area contributed by atoms with Crippen molar-refractivity contribution in [2.75, 3.05) is 7.11 Å². The molecule has 0 saturated carbocycles. The van der Waals surface area contributed by atoms with Gasteiger partial charge in [-0.1, -0.05) is 30.3 Å². The number of aromatic nitrogens is 2. The minimum Gasteiger partial charge on any atom is -0.465 e. The average Bonchev–Trinajstić information content (AvgIpc) is 3.29. The number of benzene rings is 2. The van der Waals surface area contributed by atoms with Crippen molar-refractivity contribution < 1.29 is 19.1 Å². The van der Waals surface area contributed by atoms with Crippen LogP contribution in [0.1, 0.15) is 25.7 Å². The molecule has 0 spiro atoms. The Morgan fingerprint density at radius 2 is 1.71 bits per heavy atom. The number of aryl methyl sites for hydroxylation is 1. The van der Waals surface area contributed by atoms with Gasteiger partial charge in [0.1, 0.15) is 21.0 Å². The molecule has 2 heterocycles. The van der Waals surface area contributed by atoms with E-state index in [0.29, 0.717) is 4.88 Å². The predicted octanol–water partition coefficient (Wildman–Crippen LogP) is 4.40. The molecule has 0 radical (unpaired) electrons. The van der Waals surface area contributed by atoms with Gasteiger partial charge in [-0.25, -0.2) is 14.3 Å². The molecular formula is C21H16N2O4S. The summed E-state index contributed by atoms with van der Waals surface area (Å²) in [6, 6.07) is 18.0. The van der Waals surface area contributed by atoms with Crippen LogP contribution in [0.5, 0.6) is 5.75 Å². The standard InChI is InChI=1S/C21H16N2O4S/c1-13-16-12-18(28-19(16)23(22-13)14-8-4-3-5-9-14)21(25)27-17-11-7-6-10-15(17)20(24)26-2/h3-12H,1-2H3. The van der Waals surface area contributed by atoms with Crippen molar-refractivity contribution in [2.45, 2.75) is 6.92 Å². The first-order valence-corrected chi connectivity index (χ1v) is 9.34. The van der Waals surface area contributed by atoms with Crippen LogP contribution in [0.15, 0.2) is 60.7 Å². The highest BCUT2D eigenvalue weighted by molar-refractivity contribution is 7.20. The molecule has 0 aliphatic rings. The maximum Gasteiger partial charge on any atom is 0.353 e. The van der Waals surface area contributed by atoms with E-state index >= 15 is 0 Å². The topological polar surface area (TPSA) is 70.4 Å². The highest BCUT2D eigenvalue weighted by atomic mass is 32.1. The molecule has 0 bridgehead atoms. The van der Waals surface area contributed by atoms with Crippen molar-refractivity contribution in [3.05, 3.63) is 76.8 Å². The summed E-state index contributed by atoms with van der Waals surface area (Å²) in [7, 11) is 1.28. The molecule has 0 unspecified atom stereocenters. The highest BCUT2D eigenvalue weighted by Gasteiger charge is 2.21. The molecule has 28 heavy (non-hydrogen) atoms. The van der Waals surface area contributed by atoms with Gasteiger partial charge in [-0.3, -0.25) is 0 Å². The normalized spacial score (nSPS) is 10.8. The lowest BCUT2D eigenvalue weighted by Crippen LogP contribution is -2.11. The van der Waals surface area contributed by atoms with Crippen molar-refractivity contribution in [3.63, 3.8) is 0 Å². The Labute approximate surface area is 164 Å². The third-order valence-corrected chi connectivity index (χ3v) is 5.33. The van der Waals surface area contributed by atoms with E-state index in [9.17, 15) is 9.59 Å². The average molecular weight is 392 g/mol. The Kier molecular flexibility index (Phi) is 4.67. The molecule has 0 saturated heterocycles. The molecule has 6 nitrogen and oxygen atoms in total. The van der Waals surface area contributed by atoms with Gasteiger partial charge in [-0.2, -0.15) is 5.10 Å². The highest BCUT2D eigenvalue weighted by Crippen LogP contribution is 2.31. The molecule has 4 aromatic rings. The number of thiophene rings is 1. The molecule has 0 aliphatic heterocycles. The fourth-order valence-electron chi connectivity index (χ4n) is 2.88. The summed E-state index contributed by atoms with van der Waals surface area (Å²) in [5.74, 6) is -0.926. The van der Waals surface area contributed by atoms with Gasteiger partial charge in [0.25, 0.3) is 0 Å². The summed E-state index contributed by atoms with van der Waals surface area (Å²) in [6.07, 6.45) is 0. The van der Waals surface area contributed by atoms with E-state index in [1.54, 1.807) is 30.3 Å². The Balaban J connectivity index is 1.69. The molecule has 140 valence electrons. The third kappa shape index (κ3) is 3.16. The fourth-order valence-corrected chi connectivity index (χ4v) is 3.94. The summed E-state index contributed by atoms with van der Waals surface area (Å²) in [4.78, 5) is 25.9. The quantitative estimate of drug-likeness (QED) is 0.380. The van der Waals surface area contributed by atoms with Crippen LogP contribution in [0.25, 0.3) is 15.9 Å². The zero-order chi connectivity index (χ0) is 19.7. The minimum absolute atomic E-state index is 0.165. The van der Waals surface area contributed by atoms with E-state index in [2.05, 4.69) is 5.10 Å². The van der Waals surface area contributed by atoms with Crippen LogP contribution in [-0.2, 0) is 4.74 Å². The van der Waals surface area contributed by atoms with Crippen molar-refractivity contribution in [3.8, 4) is 11.4 Å². The number of rotatable bonds is 4. The minimum atomic E-state index is -0.560. The van der Waals surface area contributed by atoms with E-state index < -0.39 is 11.9 Å². The van der Waals surface area contributed by atoms with Gasteiger partial charge in [0.2, 0.25) is 0 Å². The first-order chi connectivity index (χ1) is 13.6. The Hall–Kier alpha value is -3.45. The molecule has 7 heteroatoms. The number of hydrogen-bond donors (Lipinski definition) is 0. The number of carbonyl (C=O) groups is 2. The second-order valence-electron chi connectivity index (χ2n) is 6.04. The van der Waals surface area contributed by atoms with Crippen LogP contribution in [0.3, 0.4) is 0 Å². The Bertz CT molecular complexity index is 1180. The van der Waals surface area contributed by atoms with Gasteiger partial charge < -0.3 is 9.47 Å². The van der Waals surface area contributed by atoms with Gasteiger partial charge in [0, 0.05) is 5.39 Å². The van der Waals surface area contributed by atoms with E-state index in [1.165, 1.54) is 18.4 Å². The monoisotopic (exact) mass is 392 g/mol. The lowest BCUT2D eigenvalue weighted by Gasteiger charge is -2.07. The van der Waals surface area contributed by atoms with Crippen molar-refractivity contribution >= 4 is 33.5 Å². The van der Waals surface area contributed by atoms with Crippen LogP contribution < -0.4 is 4.74 Å². The molecular weight excluding hydrogens is 376 g/mol. The molecule has 0 amide bonds. The van der Waals surface area contributed by atoms with Gasteiger partial charge in [-0.15, -0.1) is 11.3 Å². The second kappa shape index (κ2) is 7.28. The van der Waals surface area contributed by atoms with E-state index in [1.807, 2.05) is 41.9 Å². The van der Waals surface area contributed by atoms with Crippen LogP contribution in [0, 0.1) is 6.92 Å². The molecule has 0 atom stereocenters. The molecule has 2 aromatic carbocycles. The summed E-state index contributed by atoms with van der Waals surface area (Å²) in [5.41, 5.74) is 1.94. The maximum atomic E-state index is 12.7. The smallest absolute Gasteiger partial charge is 0.353 e. The molecule has 0 N–H and O–H groups in total. The zero-order valence-corrected chi connectivity index (χ0v) is 16.0. The number of methoxy groups -OCH3 is 1. The van der Waals surface area contributed by atoms with E-state index in [0.717, 1.165) is 21.6 Å². The summed E-state index contributed by atoms with van der Waals surface area (Å²) >= 11 is 1.30. The molecule has 4 rings (SSSR count). The van der Waals surface area contributed by atoms with Gasteiger partial charge in [0.05, 0.1) is 18.5 Å². The van der Waals surface area contributed by atoms with Crippen LogP contribution in [-0.4, -0.2) is 28.8 Å². The summed E-state index contributed by atoms with van der Waals surface area (Å²) in [6.45, 7) is 1.90. The van der Waals surface area contributed by atoms with E-state index in [-0.39, 0.29) is 11.3 Å². The lowest BCUT2D eigenvalue weighted by molar-refractivity contribution is 0.0593. The largest absolute Gasteiger partial charge is 0.465 e. The maximum absolute atomic E-state index is 12.7. The second-order valence-corrected chi connectivity index (χ2v) is 7.07. The number of esters is 2. The molecule has 0 fully saturated rings. The Morgan fingerprint density at radius 1 is 1.00 bits per heavy atom. The van der Waals surface area contributed by atoms with Gasteiger partial charge in [0.15, 0.2) is 0 Å². The van der Waals surface area contributed by atoms with Crippen molar-refractivity contribution in [2.24, 2.45) is 0 Å². The van der Waals surface area contributed by atoms with Gasteiger partial charge >= 0.3 is 11.9 Å². The first kappa shape index (κ1) is 17.9. The molecule has 0 aliphatic carbocycles. The number of para-hydroxylation sites is 2.